The van der Waals surface area contributed by atoms with Gasteiger partial charge in [0.25, 0.3) is 0 Å². The summed E-state index contributed by atoms with van der Waals surface area (Å²) in [5, 5.41) is 0. The number of hydrogen-bond acceptors (Lipinski definition) is 1. The van der Waals surface area contributed by atoms with Crippen LogP contribution in [0.2, 0.25) is 0 Å². The SMILES string of the molecule is CC.CC(C)=C/C=C(\N)c1ccccc1C. The van der Waals surface area contributed by atoms with E-state index >= 15 is 0 Å². The molecule has 1 nitrogen and oxygen atoms in total. The van der Waals surface area contributed by atoms with E-state index in [1.165, 1.54) is 11.1 Å². The van der Waals surface area contributed by atoms with Crippen LogP contribution < -0.4 is 5.73 Å². The number of hydrogen-bond donors (Lipinski definition) is 1. The molecule has 0 unspecified atom stereocenters. The molecule has 1 aromatic carbocycles. The molecule has 16 heavy (non-hydrogen) atoms. The second kappa shape index (κ2) is 7.75. The van der Waals surface area contributed by atoms with Gasteiger partial charge in [-0.25, -0.2) is 0 Å². The van der Waals surface area contributed by atoms with Crippen molar-refractivity contribution in [2.75, 3.05) is 0 Å². The first-order valence-corrected chi connectivity index (χ1v) is 5.78. The molecule has 0 fully saturated rings. The summed E-state index contributed by atoms with van der Waals surface area (Å²) in [7, 11) is 0. The van der Waals surface area contributed by atoms with Gasteiger partial charge in [-0.15, -0.1) is 0 Å². The Kier molecular flexibility index (Phi) is 7.02. The highest BCUT2D eigenvalue weighted by Crippen LogP contribution is 2.14. The third-order valence-corrected chi connectivity index (χ3v) is 2.05. The molecule has 1 aromatic rings. The van der Waals surface area contributed by atoms with E-state index in [4.69, 9.17) is 5.73 Å². The lowest BCUT2D eigenvalue weighted by Crippen LogP contribution is -1.97. The van der Waals surface area contributed by atoms with Crippen LogP contribution in [0.15, 0.2) is 42.0 Å². The summed E-state index contributed by atoms with van der Waals surface area (Å²) >= 11 is 0. The average Bonchev–Trinajstić information content (AvgIpc) is 2.29. The molecule has 88 valence electrons. The summed E-state index contributed by atoms with van der Waals surface area (Å²) in [5.74, 6) is 0. The number of allylic oxidation sites excluding steroid dienone is 3. The molecular formula is C15H23N. The molecule has 0 saturated carbocycles. The monoisotopic (exact) mass is 217 g/mol. The van der Waals surface area contributed by atoms with Crippen molar-refractivity contribution >= 4 is 5.70 Å². The Labute approximate surface area is 99.7 Å². The lowest BCUT2D eigenvalue weighted by Gasteiger charge is -2.04. The minimum absolute atomic E-state index is 0.823. The van der Waals surface area contributed by atoms with Gasteiger partial charge in [0.15, 0.2) is 0 Å². The summed E-state index contributed by atoms with van der Waals surface area (Å²) in [4.78, 5) is 0. The van der Waals surface area contributed by atoms with Gasteiger partial charge in [0.1, 0.15) is 0 Å². The zero-order chi connectivity index (χ0) is 12.6. The zero-order valence-corrected chi connectivity index (χ0v) is 11.0. The van der Waals surface area contributed by atoms with Crippen molar-refractivity contribution in [3.8, 4) is 0 Å². The Hall–Kier alpha value is -1.50. The van der Waals surface area contributed by atoms with Crippen LogP contribution in [0, 0.1) is 6.92 Å². The van der Waals surface area contributed by atoms with E-state index in [1.807, 2.05) is 44.2 Å². The third-order valence-electron chi connectivity index (χ3n) is 2.05. The standard InChI is InChI=1S/C13H17N.C2H6/c1-10(2)8-9-13(14)12-7-5-4-6-11(12)3;1-2/h4-9H,14H2,1-3H3;1-2H3/b13-9-;. The van der Waals surface area contributed by atoms with Crippen molar-refractivity contribution in [3.05, 3.63) is 53.1 Å². The first-order chi connectivity index (χ1) is 7.61. The van der Waals surface area contributed by atoms with Gasteiger partial charge in [-0.1, -0.05) is 49.8 Å². The predicted octanol–water partition coefficient (Wildman–Crippen LogP) is 4.29. The van der Waals surface area contributed by atoms with Crippen LogP contribution in [0.3, 0.4) is 0 Å². The maximum atomic E-state index is 5.96. The fourth-order valence-corrected chi connectivity index (χ4v) is 1.24. The summed E-state index contributed by atoms with van der Waals surface area (Å²) in [6.07, 6.45) is 3.99. The molecule has 0 radical (unpaired) electrons. The van der Waals surface area contributed by atoms with Crippen molar-refractivity contribution in [1.82, 2.24) is 0 Å². The molecule has 0 bridgehead atoms. The molecule has 1 rings (SSSR count). The van der Waals surface area contributed by atoms with Crippen molar-refractivity contribution in [3.63, 3.8) is 0 Å². The van der Waals surface area contributed by atoms with E-state index in [9.17, 15) is 0 Å². The summed E-state index contributed by atoms with van der Waals surface area (Å²) in [6.45, 7) is 10.2. The first kappa shape index (κ1) is 14.5. The highest BCUT2D eigenvalue weighted by Gasteiger charge is 1.97. The molecule has 0 saturated heterocycles. The highest BCUT2D eigenvalue weighted by atomic mass is 14.6. The second-order valence-corrected chi connectivity index (χ2v) is 3.68. The third kappa shape index (κ3) is 4.83. The summed E-state index contributed by atoms with van der Waals surface area (Å²) < 4.78 is 0. The number of aryl methyl sites for hydroxylation is 1. The Morgan fingerprint density at radius 3 is 2.12 bits per heavy atom. The topological polar surface area (TPSA) is 26.0 Å². The van der Waals surface area contributed by atoms with E-state index in [2.05, 4.69) is 26.8 Å². The van der Waals surface area contributed by atoms with Gasteiger partial charge in [0.2, 0.25) is 0 Å². The molecule has 0 atom stereocenters. The quantitative estimate of drug-likeness (QED) is 0.735. The zero-order valence-electron chi connectivity index (χ0n) is 11.0. The van der Waals surface area contributed by atoms with E-state index < -0.39 is 0 Å². The van der Waals surface area contributed by atoms with Gasteiger partial charge in [0.05, 0.1) is 0 Å². The van der Waals surface area contributed by atoms with Crippen LogP contribution in [0.5, 0.6) is 0 Å². The number of nitrogens with two attached hydrogens (primary N) is 1. The number of rotatable bonds is 2. The average molecular weight is 217 g/mol. The van der Waals surface area contributed by atoms with Crippen molar-refractivity contribution in [2.24, 2.45) is 5.73 Å². The second-order valence-electron chi connectivity index (χ2n) is 3.68. The first-order valence-electron chi connectivity index (χ1n) is 5.78. The predicted molar refractivity (Wildman–Crippen MR) is 74.1 cm³/mol. The Morgan fingerprint density at radius 1 is 1.06 bits per heavy atom. The lowest BCUT2D eigenvalue weighted by molar-refractivity contribution is 1.37. The lowest BCUT2D eigenvalue weighted by atomic mass is 10.1. The van der Waals surface area contributed by atoms with Gasteiger partial charge >= 0.3 is 0 Å². The largest absolute Gasteiger partial charge is 0.398 e. The van der Waals surface area contributed by atoms with Crippen LogP contribution in [-0.2, 0) is 0 Å². The molecule has 2 N–H and O–H groups in total. The molecule has 0 aliphatic heterocycles. The Balaban J connectivity index is 0.00000106. The van der Waals surface area contributed by atoms with E-state index in [0.29, 0.717) is 0 Å². The van der Waals surface area contributed by atoms with Gasteiger partial charge in [-0.3, -0.25) is 0 Å². The maximum absolute atomic E-state index is 5.96. The molecule has 0 amide bonds. The maximum Gasteiger partial charge on any atom is 0.0390 e. The van der Waals surface area contributed by atoms with Crippen LogP contribution in [0.4, 0.5) is 0 Å². The fourth-order valence-electron chi connectivity index (χ4n) is 1.24. The van der Waals surface area contributed by atoms with Gasteiger partial charge in [-0.2, -0.15) is 0 Å². The van der Waals surface area contributed by atoms with Crippen LogP contribution in [0.25, 0.3) is 5.70 Å². The Bertz CT molecular complexity index is 369. The molecule has 0 heterocycles. The van der Waals surface area contributed by atoms with E-state index in [1.54, 1.807) is 0 Å². The minimum Gasteiger partial charge on any atom is -0.398 e. The molecule has 0 aromatic heterocycles. The molecule has 0 spiro atoms. The van der Waals surface area contributed by atoms with E-state index in [0.717, 1.165) is 11.3 Å². The fraction of sp³-hybridized carbons (Fsp3) is 0.333. The smallest absolute Gasteiger partial charge is 0.0390 e. The summed E-state index contributed by atoms with van der Waals surface area (Å²) in [5.41, 5.74) is 10.4. The van der Waals surface area contributed by atoms with Crippen molar-refractivity contribution in [1.29, 1.82) is 0 Å². The minimum atomic E-state index is 0.823. The van der Waals surface area contributed by atoms with Crippen molar-refractivity contribution in [2.45, 2.75) is 34.6 Å². The Morgan fingerprint density at radius 2 is 1.62 bits per heavy atom. The number of benzene rings is 1. The van der Waals surface area contributed by atoms with Crippen LogP contribution >= 0.6 is 0 Å². The van der Waals surface area contributed by atoms with Gasteiger partial charge in [-0.05, 0) is 32.4 Å². The summed E-state index contributed by atoms with van der Waals surface area (Å²) in [6, 6.07) is 8.14. The van der Waals surface area contributed by atoms with Crippen LogP contribution in [-0.4, -0.2) is 0 Å². The van der Waals surface area contributed by atoms with Gasteiger partial charge < -0.3 is 5.73 Å². The normalized spacial score (nSPS) is 10.2. The molecule has 0 aliphatic rings. The van der Waals surface area contributed by atoms with Gasteiger partial charge in [0, 0.05) is 11.3 Å². The molecule has 1 heteroatoms. The van der Waals surface area contributed by atoms with Crippen molar-refractivity contribution < 1.29 is 0 Å². The molecular weight excluding hydrogens is 194 g/mol. The highest BCUT2D eigenvalue weighted by molar-refractivity contribution is 5.66. The van der Waals surface area contributed by atoms with Crippen LogP contribution in [0.1, 0.15) is 38.8 Å². The molecule has 0 aliphatic carbocycles. The van der Waals surface area contributed by atoms with E-state index in [-0.39, 0.29) is 0 Å².